The fraction of sp³-hybridized carbons (Fsp3) is 0.391. The van der Waals surface area contributed by atoms with E-state index in [9.17, 15) is 9.59 Å². The van der Waals surface area contributed by atoms with Crippen LogP contribution in [0.2, 0.25) is 0 Å². The van der Waals surface area contributed by atoms with Gasteiger partial charge in [0.25, 0.3) is 5.82 Å². The number of nitrogens with zero attached hydrogens (tertiary/aromatic N) is 3. The zero-order valence-electron chi connectivity index (χ0n) is 18.0. The van der Waals surface area contributed by atoms with Crippen LogP contribution in [0.5, 0.6) is 0 Å². The summed E-state index contributed by atoms with van der Waals surface area (Å²) in [7, 11) is 0. The maximum atomic E-state index is 12.8. The van der Waals surface area contributed by atoms with E-state index in [1.54, 1.807) is 0 Å². The third-order valence-electron chi connectivity index (χ3n) is 5.67. The van der Waals surface area contributed by atoms with E-state index >= 15 is 0 Å². The number of benzene rings is 1. The number of hydrogen-bond donors (Lipinski definition) is 2. The number of carbonyl (C=O) groups is 2. The molecule has 2 aliphatic rings. The highest BCUT2D eigenvalue weighted by atomic mass is 16.2. The average Bonchev–Trinajstić information content (AvgIpc) is 2.79. The summed E-state index contributed by atoms with van der Waals surface area (Å²) >= 11 is 0. The van der Waals surface area contributed by atoms with Crippen molar-refractivity contribution in [2.24, 2.45) is 4.99 Å². The molecule has 2 amide bonds. The van der Waals surface area contributed by atoms with Crippen molar-refractivity contribution in [2.45, 2.75) is 32.2 Å². The van der Waals surface area contributed by atoms with Gasteiger partial charge in [-0.05, 0) is 29.7 Å². The number of anilines is 2. The fourth-order valence-electron chi connectivity index (χ4n) is 3.81. The standard InChI is InChI=1S/C23H28N6O2/c1-16(2)17-6-8-18(9-7-17)25-22(31)19-15-21(30)27-23(26-19)29-13-11-28(12-14-29)20-5-3-4-10-24-20/h3-10,16,19H,11-15H2,1-2H3,(H,25,31)(H,26,27,30)/p+1/t19-/m1/s1. The molecule has 1 aromatic heterocycles. The smallest absolute Gasteiger partial charge is 0.274 e. The topological polar surface area (TPSA) is 91.2 Å². The second kappa shape index (κ2) is 9.16. The summed E-state index contributed by atoms with van der Waals surface area (Å²) in [5.74, 6) is 1.54. The quantitative estimate of drug-likeness (QED) is 0.785. The molecule has 3 N–H and O–H groups in total. The number of hydrogen-bond acceptors (Lipinski definition) is 5. The van der Waals surface area contributed by atoms with Crippen molar-refractivity contribution < 1.29 is 14.6 Å². The van der Waals surface area contributed by atoms with E-state index in [4.69, 9.17) is 0 Å². The number of carbonyl (C=O) groups excluding carboxylic acids is 2. The molecule has 4 rings (SSSR count). The third kappa shape index (κ3) is 5.02. The van der Waals surface area contributed by atoms with Crippen LogP contribution >= 0.6 is 0 Å². The Labute approximate surface area is 182 Å². The Morgan fingerprint density at radius 1 is 1.10 bits per heavy atom. The first-order valence-electron chi connectivity index (χ1n) is 10.7. The van der Waals surface area contributed by atoms with Crippen LogP contribution < -0.4 is 20.5 Å². The van der Waals surface area contributed by atoms with Crippen LogP contribution in [0.25, 0.3) is 0 Å². The second-order valence-corrected chi connectivity index (χ2v) is 8.21. The van der Waals surface area contributed by atoms with E-state index in [0.29, 0.717) is 30.7 Å². The first-order valence-corrected chi connectivity index (χ1v) is 10.7. The number of aromatic amines is 1. The predicted octanol–water partition coefficient (Wildman–Crippen LogP) is 1.63. The van der Waals surface area contributed by atoms with Crippen LogP contribution in [0.15, 0.2) is 53.7 Å². The highest BCUT2D eigenvalue weighted by molar-refractivity contribution is 6.06. The summed E-state index contributed by atoms with van der Waals surface area (Å²) in [6, 6.07) is 13.1. The maximum Gasteiger partial charge on any atom is 0.274 e. The number of aromatic nitrogens is 1. The number of rotatable bonds is 4. The van der Waals surface area contributed by atoms with Crippen LogP contribution in [0.4, 0.5) is 11.5 Å². The molecular formula is C23H29N6O2+. The number of H-pyrrole nitrogens is 1. The summed E-state index contributed by atoms with van der Waals surface area (Å²) in [6.07, 6.45) is 1.96. The van der Waals surface area contributed by atoms with Gasteiger partial charge in [0.1, 0.15) is 19.1 Å². The van der Waals surface area contributed by atoms with Crippen molar-refractivity contribution >= 4 is 29.3 Å². The highest BCUT2D eigenvalue weighted by Crippen LogP contribution is 2.18. The van der Waals surface area contributed by atoms with Crippen molar-refractivity contribution in [3.8, 4) is 0 Å². The minimum Gasteiger partial charge on any atom is -0.335 e. The monoisotopic (exact) mass is 421 g/mol. The van der Waals surface area contributed by atoms with Gasteiger partial charge in [0, 0.05) is 11.8 Å². The summed E-state index contributed by atoms with van der Waals surface area (Å²) < 4.78 is 0. The molecule has 0 unspecified atom stereocenters. The molecule has 1 fully saturated rings. The van der Waals surface area contributed by atoms with Gasteiger partial charge in [-0.15, -0.1) is 0 Å². The summed E-state index contributed by atoms with van der Waals surface area (Å²) in [6.45, 7) is 7.29. The van der Waals surface area contributed by atoms with E-state index in [0.717, 1.165) is 18.9 Å². The molecule has 162 valence electrons. The Hall–Kier alpha value is -3.42. The Morgan fingerprint density at radius 3 is 2.45 bits per heavy atom. The van der Waals surface area contributed by atoms with Gasteiger partial charge in [-0.2, -0.15) is 0 Å². The molecule has 2 aliphatic heterocycles. The largest absolute Gasteiger partial charge is 0.335 e. The summed E-state index contributed by atoms with van der Waals surface area (Å²) in [5.41, 5.74) is 1.92. The molecule has 1 atom stereocenters. The van der Waals surface area contributed by atoms with Crippen molar-refractivity contribution in [3.63, 3.8) is 0 Å². The predicted molar refractivity (Wildman–Crippen MR) is 120 cm³/mol. The van der Waals surface area contributed by atoms with Gasteiger partial charge >= 0.3 is 0 Å². The van der Waals surface area contributed by atoms with Gasteiger partial charge in [0.2, 0.25) is 17.8 Å². The first-order chi connectivity index (χ1) is 15.0. The molecule has 2 aromatic rings. The minimum absolute atomic E-state index is 0.0539. The molecule has 1 aromatic carbocycles. The van der Waals surface area contributed by atoms with Crippen molar-refractivity contribution in [3.05, 3.63) is 54.2 Å². The Bertz CT molecular complexity index is 950. The third-order valence-corrected chi connectivity index (χ3v) is 5.67. The van der Waals surface area contributed by atoms with E-state index in [-0.39, 0.29) is 18.2 Å². The molecule has 31 heavy (non-hydrogen) atoms. The molecule has 1 saturated heterocycles. The zero-order valence-corrected chi connectivity index (χ0v) is 18.0. The SMILES string of the molecule is CC(C)c1ccc(NC(=O)[C@H]2CC(=O)NC(N3CCN(c4cccc[nH+]4)CC3)=N2)cc1. The summed E-state index contributed by atoms with van der Waals surface area (Å²) in [5, 5.41) is 5.73. The molecule has 0 bridgehead atoms. The van der Waals surface area contributed by atoms with Crippen LogP contribution in [0.3, 0.4) is 0 Å². The number of guanidine groups is 1. The molecule has 0 saturated carbocycles. The van der Waals surface area contributed by atoms with Crippen LogP contribution in [-0.2, 0) is 9.59 Å². The molecule has 3 heterocycles. The average molecular weight is 422 g/mol. The highest BCUT2D eigenvalue weighted by Gasteiger charge is 2.32. The van der Waals surface area contributed by atoms with Gasteiger partial charge in [-0.1, -0.05) is 32.0 Å². The lowest BCUT2D eigenvalue weighted by Crippen LogP contribution is -2.56. The van der Waals surface area contributed by atoms with E-state index in [1.165, 1.54) is 5.56 Å². The van der Waals surface area contributed by atoms with Crippen LogP contribution in [-0.4, -0.2) is 54.9 Å². The normalized spacial score (nSPS) is 19.1. The molecular weight excluding hydrogens is 392 g/mol. The molecule has 0 spiro atoms. The van der Waals surface area contributed by atoms with E-state index in [2.05, 4.69) is 39.4 Å². The Balaban J connectivity index is 1.39. The number of nitrogens with one attached hydrogen (secondary N) is 3. The van der Waals surface area contributed by atoms with E-state index < -0.39 is 6.04 Å². The second-order valence-electron chi connectivity index (χ2n) is 8.21. The number of amides is 2. The number of pyridine rings is 1. The lowest BCUT2D eigenvalue weighted by Gasteiger charge is -2.34. The van der Waals surface area contributed by atoms with E-state index in [1.807, 2.05) is 53.6 Å². The molecule has 8 nitrogen and oxygen atoms in total. The van der Waals surface area contributed by atoms with Gasteiger partial charge in [0.05, 0.1) is 25.7 Å². The van der Waals surface area contributed by atoms with Crippen LogP contribution in [0.1, 0.15) is 31.7 Å². The van der Waals surface area contributed by atoms with Gasteiger partial charge in [-0.25, -0.2) is 9.98 Å². The van der Waals surface area contributed by atoms with Gasteiger partial charge in [-0.3, -0.25) is 19.8 Å². The molecule has 0 aliphatic carbocycles. The first kappa shape index (κ1) is 20.8. The maximum absolute atomic E-state index is 12.8. The van der Waals surface area contributed by atoms with Crippen molar-refractivity contribution in [2.75, 3.05) is 36.4 Å². The minimum atomic E-state index is -0.728. The number of piperazine rings is 1. The summed E-state index contributed by atoms with van der Waals surface area (Å²) in [4.78, 5) is 37.2. The van der Waals surface area contributed by atoms with Gasteiger partial charge in [0.15, 0.2) is 0 Å². The lowest BCUT2D eigenvalue weighted by molar-refractivity contribution is -0.364. The fourth-order valence-corrected chi connectivity index (χ4v) is 3.81. The Kier molecular flexibility index (Phi) is 6.16. The number of aliphatic imine (C=N–C) groups is 1. The van der Waals surface area contributed by atoms with Gasteiger partial charge < -0.3 is 10.2 Å². The molecule has 8 heteroatoms. The Morgan fingerprint density at radius 2 is 1.81 bits per heavy atom. The van der Waals surface area contributed by atoms with Crippen LogP contribution in [0, 0.1) is 0 Å². The zero-order chi connectivity index (χ0) is 21.8. The van der Waals surface area contributed by atoms with Crippen molar-refractivity contribution in [1.82, 2.24) is 10.2 Å². The lowest BCUT2D eigenvalue weighted by atomic mass is 10.0. The molecule has 0 radical (unpaired) electrons. The van der Waals surface area contributed by atoms with Crippen molar-refractivity contribution in [1.29, 1.82) is 0 Å².